The molecule has 0 aliphatic heterocycles. The number of carbonyl (C=O) groups excluding carboxylic acids is 1. The van der Waals surface area contributed by atoms with Crippen molar-refractivity contribution in [2.45, 2.75) is 38.1 Å². The zero-order valence-corrected chi connectivity index (χ0v) is 10.5. The highest BCUT2D eigenvalue weighted by Crippen LogP contribution is 2.23. The minimum atomic E-state index is 0.188. The van der Waals surface area contributed by atoms with Gasteiger partial charge in [0.2, 0.25) is 5.91 Å². The number of hydrogen-bond donors (Lipinski definition) is 2. The van der Waals surface area contributed by atoms with Crippen LogP contribution in [0.4, 0.5) is 0 Å². The number of nitrogens with two attached hydrogens (primary N) is 1. The molecule has 1 fully saturated rings. The van der Waals surface area contributed by atoms with Gasteiger partial charge in [-0.25, -0.2) is 0 Å². The van der Waals surface area contributed by atoms with Crippen LogP contribution in [0.25, 0.3) is 0 Å². The van der Waals surface area contributed by atoms with Crippen molar-refractivity contribution in [2.75, 3.05) is 27.2 Å². The Bertz CT molecular complexity index is 218. The smallest absolute Gasteiger partial charge is 0.223 e. The van der Waals surface area contributed by atoms with Crippen LogP contribution in [0.3, 0.4) is 0 Å². The molecule has 0 saturated heterocycles. The monoisotopic (exact) mass is 227 g/mol. The third-order valence-corrected chi connectivity index (χ3v) is 3.46. The molecule has 3 N–H and O–H groups in total. The fraction of sp³-hybridized carbons (Fsp3) is 0.917. The molecule has 0 radical (unpaired) electrons. The van der Waals surface area contributed by atoms with Gasteiger partial charge in [-0.2, -0.15) is 0 Å². The van der Waals surface area contributed by atoms with Crippen LogP contribution in [0.2, 0.25) is 0 Å². The van der Waals surface area contributed by atoms with Gasteiger partial charge in [0.1, 0.15) is 0 Å². The molecule has 2 atom stereocenters. The zero-order chi connectivity index (χ0) is 12.0. The van der Waals surface area contributed by atoms with Crippen molar-refractivity contribution in [1.82, 2.24) is 10.2 Å². The van der Waals surface area contributed by atoms with Crippen LogP contribution in [0, 0.1) is 5.92 Å². The van der Waals surface area contributed by atoms with Crippen molar-refractivity contribution in [3.63, 3.8) is 0 Å². The van der Waals surface area contributed by atoms with E-state index in [0.29, 0.717) is 18.4 Å². The van der Waals surface area contributed by atoms with Crippen molar-refractivity contribution in [2.24, 2.45) is 11.7 Å². The topological polar surface area (TPSA) is 58.4 Å². The Kier molecular flexibility index (Phi) is 5.77. The molecule has 1 amide bonds. The molecule has 4 nitrogen and oxygen atoms in total. The predicted octanol–water partition coefficient (Wildman–Crippen LogP) is 0.572. The standard InChI is InChI=1S/C12H25N3O/c1-15(2)12(16)7-8-14-11-6-4-3-5-10(11)9-13/h10-11,14H,3-9,13H2,1-2H3. The number of rotatable bonds is 5. The highest BCUT2D eigenvalue weighted by atomic mass is 16.2. The van der Waals surface area contributed by atoms with Gasteiger partial charge in [0.25, 0.3) is 0 Å². The van der Waals surface area contributed by atoms with Gasteiger partial charge in [-0.3, -0.25) is 4.79 Å². The highest BCUT2D eigenvalue weighted by molar-refractivity contribution is 5.75. The van der Waals surface area contributed by atoms with E-state index in [-0.39, 0.29) is 5.91 Å². The van der Waals surface area contributed by atoms with Crippen LogP contribution >= 0.6 is 0 Å². The van der Waals surface area contributed by atoms with Gasteiger partial charge in [-0.05, 0) is 25.3 Å². The number of nitrogens with one attached hydrogen (secondary N) is 1. The molecule has 0 aromatic heterocycles. The summed E-state index contributed by atoms with van der Waals surface area (Å²) in [4.78, 5) is 13.0. The lowest BCUT2D eigenvalue weighted by molar-refractivity contribution is -0.128. The van der Waals surface area contributed by atoms with E-state index in [1.807, 2.05) is 0 Å². The van der Waals surface area contributed by atoms with E-state index >= 15 is 0 Å². The maximum Gasteiger partial charge on any atom is 0.223 e. The molecule has 0 heterocycles. The van der Waals surface area contributed by atoms with E-state index in [4.69, 9.17) is 5.73 Å². The van der Waals surface area contributed by atoms with Crippen molar-refractivity contribution in [1.29, 1.82) is 0 Å². The molecule has 94 valence electrons. The number of nitrogens with zero attached hydrogens (tertiary/aromatic N) is 1. The van der Waals surface area contributed by atoms with Gasteiger partial charge in [0, 0.05) is 33.1 Å². The van der Waals surface area contributed by atoms with E-state index in [0.717, 1.165) is 13.1 Å². The average Bonchev–Trinajstić information content (AvgIpc) is 2.29. The summed E-state index contributed by atoms with van der Waals surface area (Å²) < 4.78 is 0. The number of carbonyl (C=O) groups is 1. The van der Waals surface area contributed by atoms with Crippen LogP contribution in [-0.4, -0.2) is 44.0 Å². The SMILES string of the molecule is CN(C)C(=O)CCNC1CCCCC1CN. The van der Waals surface area contributed by atoms with Crippen molar-refractivity contribution < 1.29 is 4.79 Å². The quantitative estimate of drug-likeness (QED) is 0.722. The van der Waals surface area contributed by atoms with Crippen molar-refractivity contribution in [3.8, 4) is 0 Å². The van der Waals surface area contributed by atoms with Crippen LogP contribution < -0.4 is 11.1 Å². The number of hydrogen-bond acceptors (Lipinski definition) is 3. The second-order valence-electron chi connectivity index (χ2n) is 4.88. The number of amides is 1. The van der Waals surface area contributed by atoms with Crippen molar-refractivity contribution >= 4 is 5.91 Å². The Morgan fingerprint density at radius 1 is 1.38 bits per heavy atom. The van der Waals surface area contributed by atoms with Crippen molar-refractivity contribution in [3.05, 3.63) is 0 Å². The van der Waals surface area contributed by atoms with Crippen LogP contribution in [-0.2, 0) is 4.79 Å². The Balaban J connectivity index is 2.22. The summed E-state index contributed by atoms with van der Waals surface area (Å²) in [7, 11) is 3.59. The molecular weight excluding hydrogens is 202 g/mol. The predicted molar refractivity (Wildman–Crippen MR) is 66.1 cm³/mol. The summed E-state index contributed by atoms with van der Waals surface area (Å²) in [6, 6.07) is 0.522. The lowest BCUT2D eigenvalue weighted by Crippen LogP contribution is -2.43. The third kappa shape index (κ3) is 4.10. The molecule has 1 aliphatic rings. The summed E-state index contributed by atoms with van der Waals surface area (Å²) in [5.74, 6) is 0.788. The Labute approximate surface area is 98.6 Å². The molecule has 2 unspecified atom stereocenters. The van der Waals surface area contributed by atoms with Gasteiger partial charge >= 0.3 is 0 Å². The molecule has 1 saturated carbocycles. The fourth-order valence-electron chi connectivity index (χ4n) is 2.35. The lowest BCUT2D eigenvalue weighted by Gasteiger charge is -2.31. The first-order valence-corrected chi connectivity index (χ1v) is 6.28. The van der Waals surface area contributed by atoms with E-state index in [1.165, 1.54) is 25.7 Å². The fourth-order valence-corrected chi connectivity index (χ4v) is 2.35. The Morgan fingerprint density at radius 3 is 2.69 bits per heavy atom. The van der Waals surface area contributed by atoms with Gasteiger partial charge in [-0.1, -0.05) is 12.8 Å². The maximum absolute atomic E-state index is 11.4. The first-order valence-electron chi connectivity index (χ1n) is 6.28. The van der Waals surface area contributed by atoms with E-state index < -0.39 is 0 Å². The maximum atomic E-state index is 11.4. The third-order valence-electron chi connectivity index (χ3n) is 3.46. The van der Waals surface area contributed by atoms with E-state index in [2.05, 4.69) is 5.32 Å². The van der Waals surface area contributed by atoms with E-state index in [9.17, 15) is 4.79 Å². The molecule has 1 rings (SSSR count). The minimum Gasteiger partial charge on any atom is -0.349 e. The molecule has 16 heavy (non-hydrogen) atoms. The van der Waals surface area contributed by atoms with Gasteiger partial charge in [-0.15, -0.1) is 0 Å². The lowest BCUT2D eigenvalue weighted by atomic mass is 9.84. The molecule has 0 aromatic carbocycles. The van der Waals surface area contributed by atoms with Crippen LogP contribution in [0.15, 0.2) is 0 Å². The second kappa shape index (κ2) is 6.86. The summed E-state index contributed by atoms with van der Waals surface area (Å²) in [5, 5.41) is 3.48. The summed E-state index contributed by atoms with van der Waals surface area (Å²) >= 11 is 0. The molecule has 0 aromatic rings. The second-order valence-corrected chi connectivity index (χ2v) is 4.88. The molecular formula is C12H25N3O. The molecule has 0 spiro atoms. The zero-order valence-electron chi connectivity index (χ0n) is 10.5. The Hall–Kier alpha value is -0.610. The summed E-state index contributed by atoms with van der Waals surface area (Å²) in [6.07, 6.45) is 5.61. The molecule has 4 heteroatoms. The average molecular weight is 227 g/mol. The first kappa shape index (κ1) is 13.5. The highest BCUT2D eigenvalue weighted by Gasteiger charge is 2.23. The Morgan fingerprint density at radius 2 is 2.06 bits per heavy atom. The van der Waals surface area contributed by atoms with Gasteiger partial charge in [0.05, 0.1) is 0 Å². The molecule has 0 bridgehead atoms. The van der Waals surface area contributed by atoms with Gasteiger partial charge in [0.15, 0.2) is 0 Å². The van der Waals surface area contributed by atoms with Crippen LogP contribution in [0.1, 0.15) is 32.1 Å². The summed E-state index contributed by atoms with van der Waals surface area (Å²) in [5.41, 5.74) is 5.76. The summed E-state index contributed by atoms with van der Waals surface area (Å²) in [6.45, 7) is 1.54. The van der Waals surface area contributed by atoms with Gasteiger partial charge < -0.3 is 16.0 Å². The first-order chi connectivity index (χ1) is 7.65. The van der Waals surface area contributed by atoms with E-state index in [1.54, 1.807) is 19.0 Å². The van der Waals surface area contributed by atoms with Crippen LogP contribution in [0.5, 0.6) is 0 Å². The minimum absolute atomic E-state index is 0.188. The normalized spacial score (nSPS) is 25.4. The molecule has 1 aliphatic carbocycles. The largest absolute Gasteiger partial charge is 0.349 e.